The Labute approximate surface area is 151 Å². The maximum absolute atomic E-state index is 12.0. The van der Waals surface area contributed by atoms with Gasteiger partial charge in [0, 0.05) is 18.7 Å². The minimum Gasteiger partial charge on any atom is -0.366 e. The van der Waals surface area contributed by atoms with Crippen molar-refractivity contribution >= 4 is 21.8 Å². The third-order valence-electron chi connectivity index (χ3n) is 3.94. The second-order valence-electron chi connectivity index (χ2n) is 5.57. The highest BCUT2D eigenvalue weighted by atomic mass is 32.2. The van der Waals surface area contributed by atoms with Gasteiger partial charge in [-0.15, -0.1) is 0 Å². The maximum atomic E-state index is 12.0. The fraction of sp³-hybridized carbons (Fsp3) is 0.235. The third-order valence-corrected chi connectivity index (χ3v) is 5.69. The molecule has 1 aromatic heterocycles. The first-order chi connectivity index (χ1) is 12.3. The van der Waals surface area contributed by atoms with Crippen molar-refractivity contribution in [2.75, 3.05) is 12.3 Å². The van der Waals surface area contributed by atoms with Crippen molar-refractivity contribution in [3.8, 4) is 0 Å². The van der Waals surface area contributed by atoms with E-state index in [2.05, 4.69) is 10.3 Å². The number of primary amides is 2. The second kappa shape index (κ2) is 7.96. The van der Waals surface area contributed by atoms with E-state index in [1.165, 1.54) is 24.4 Å². The monoisotopic (exact) mass is 376 g/mol. The number of rotatable bonds is 7. The van der Waals surface area contributed by atoms with Gasteiger partial charge in [-0.2, -0.15) is 0 Å². The van der Waals surface area contributed by atoms with Crippen molar-refractivity contribution in [3.05, 3.63) is 59.4 Å². The van der Waals surface area contributed by atoms with Gasteiger partial charge in [0.2, 0.25) is 0 Å². The van der Waals surface area contributed by atoms with Gasteiger partial charge in [-0.05, 0) is 29.8 Å². The van der Waals surface area contributed by atoms with E-state index in [4.69, 9.17) is 11.5 Å². The highest BCUT2D eigenvalue weighted by Gasteiger charge is 2.22. The van der Waals surface area contributed by atoms with Crippen LogP contribution in [0.5, 0.6) is 0 Å². The zero-order valence-corrected chi connectivity index (χ0v) is 15.0. The van der Waals surface area contributed by atoms with Crippen LogP contribution in [0.2, 0.25) is 0 Å². The fourth-order valence-corrected chi connectivity index (χ4v) is 3.44. The number of pyridine rings is 1. The van der Waals surface area contributed by atoms with Crippen LogP contribution in [-0.4, -0.2) is 37.6 Å². The number of nitrogens with zero attached hydrogens (tertiary/aromatic N) is 1. The van der Waals surface area contributed by atoms with E-state index >= 15 is 0 Å². The molecule has 0 saturated carbocycles. The SMILES string of the molecule is CCS(=O)(=O)c1ccc([C@H](CNC(N)=O)c2ncccc2C(N)=O)cc1. The number of benzene rings is 1. The molecular weight excluding hydrogens is 356 g/mol. The number of urea groups is 1. The van der Waals surface area contributed by atoms with Crippen LogP contribution in [0.15, 0.2) is 47.5 Å². The third kappa shape index (κ3) is 4.37. The molecule has 0 aliphatic rings. The zero-order valence-electron chi connectivity index (χ0n) is 14.2. The van der Waals surface area contributed by atoms with Gasteiger partial charge in [-0.1, -0.05) is 19.1 Å². The lowest BCUT2D eigenvalue weighted by atomic mass is 9.92. The van der Waals surface area contributed by atoms with Crippen LogP contribution < -0.4 is 16.8 Å². The molecule has 0 aliphatic heterocycles. The van der Waals surface area contributed by atoms with Crippen LogP contribution in [0, 0.1) is 0 Å². The van der Waals surface area contributed by atoms with Crippen LogP contribution in [-0.2, 0) is 9.84 Å². The number of sulfone groups is 1. The minimum absolute atomic E-state index is 0.00886. The van der Waals surface area contributed by atoms with Crippen LogP contribution in [0.3, 0.4) is 0 Å². The number of aromatic nitrogens is 1. The maximum Gasteiger partial charge on any atom is 0.312 e. The molecule has 9 heteroatoms. The van der Waals surface area contributed by atoms with Gasteiger partial charge in [0.1, 0.15) is 0 Å². The van der Waals surface area contributed by atoms with Crippen molar-refractivity contribution in [1.82, 2.24) is 10.3 Å². The lowest BCUT2D eigenvalue weighted by Gasteiger charge is -2.19. The molecule has 0 radical (unpaired) electrons. The summed E-state index contributed by atoms with van der Waals surface area (Å²) in [7, 11) is -3.33. The summed E-state index contributed by atoms with van der Waals surface area (Å²) in [6.45, 7) is 1.64. The molecule has 26 heavy (non-hydrogen) atoms. The first-order valence-corrected chi connectivity index (χ1v) is 9.52. The summed E-state index contributed by atoms with van der Waals surface area (Å²) in [6, 6.07) is 8.61. The molecule has 8 nitrogen and oxygen atoms in total. The van der Waals surface area contributed by atoms with Crippen molar-refractivity contribution < 1.29 is 18.0 Å². The van der Waals surface area contributed by atoms with E-state index < -0.39 is 27.7 Å². The van der Waals surface area contributed by atoms with Crippen LogP contribution >= 0.6 is 0 Å². The molecule has 5 N–H and O–H groups in total. The predicted molar refractivity (Wildman–Crippen MR) is 96.4 cm³/mol. The summed E-state index contributed by atoms with van der Waals surface area (Å²) in [4.78, 5) is 27.3. The molecule has 1 atom stereocenters. The average molecular weight is 376 g/mol. The van der Waals surface area contributed by atoms with Gasteiger partial charge in [-0.25, -0.2) is 13.2 Å². The molecule has 0 aliphatic carbocycles. The minimum atomic E-state index is -3.33. The van der Waals surface area contributed by atoms with E-state index in [0.29, 0.717) is 11.3 Å². The highest BCUT2D eigenvalue weighted by Crippen LogP contribution is 2.26. The van der Waals surface area contributed by atoms with E-state index in [1.54, 1.807) is 25.1 Å². The molecule has 3 amide bonds. The van der Waals surface area contributed by atoms with Gasteiger partial charge >= 0.3 is 6.03 Å². The summed E-state index contributed by atoms with van der Waals surface area (Å²) in [5.41, 5.74) is 11.8. The largest absolute Gasteiger partial charge is 0.366 e. The Hall–Kier alpha value is -2.94. The molecule has 0 unspecified atom stereocenters. The van der Waals surface area contributed by atoms with E-state index in [9.17, 15) is 18.0 Å². The number of carbonyl (C=O) groups excluding carboxylic acids is 2. The van der Waals surface area contributed by atoms with Crippen molar-refractivity contribution in [2.45, 2.75) is 17.7 Å². The summed E-state index contributed by atoms with van der Waals surface area (Å²) in [5, 5.41) is 2.49. The van der Waals surface area contributed by atoms with Crippen LogP contribution in [0.1, 0.15) is 34.5 Å². The predicted octanol–water partition coefficient (Wildman–Crippen LogP) is 0.774. The van der Waals surface area contributed by atoms with E-state index in [1.807, 2.05) is 0 Å². The van der Waals surface area contributed by atoms with E-state index in [0.717, 1.165) is 0 Å². The summed E-state index contributed by atoms with van der Waals surface area (Å²) < 4.78 is 23.9. The number of hydrogen-bond donors (Lipinski definition) is 3. The summed E-state index contributed by atoms with van der Waals surface area (Å²) in [5.74, 6) is -1.18. The normalized spacial score (nSPS) is 12.3. The quantitative estimate of drug-likeness (QED) is 0.653. The lowest BCUT2D eigenvalue weighted by Crippen LogP contribution is -2.34. The average Bonchev–Trinajstić information content (AvgIpc) is 2.62. The standard InChI is InChI=1S/C17H20N4O4S/c1-2-26(24,25)12-7-5-11(6-8-12)14(10-21-17(19)23)15-13(16(18)22)4-3-9-20-15/h3-9,14H,2,10H2,1H3,(H2,18,22)(H3,19,21,23)/t14-/m0/s1. The Bertz CT molecular complexity index is 911. The number of nitrogens with two attached hydrogens (primary N) is 2. The topological polar surface area (TPSA) is 145 Å². The van der Waals surface area contributed by atoms with Gasteiger partial charge in [0.15, 0.2) is 9.84 Å². The number of hydrogen-bond acceptors (Lipinski definition) is 5. The highest BCUT2D eigenvalue weighted by molar-refractivity contribution is 7.91. The molecule has 0 spiro atoms. The Morgan fingerprint density at radius 2 is 1.81 bits per heavy atom. The molecule has 0 fully saturated rings. The first-order valence-electron chi connectivity index (χ1n) is 7.87. The molecule has 138 valence electrons. The summed E-state index contributed by atoms with van der Waals surface area (Å²) >= 11 is 0. The van der Waals surface area contributed by atoms with Gasteiger partial charge in [-0.3, -0.25) is 9.78 Å². The van der Waals surface area contributed by atoms with Gasteiger partial charge in [0.25, 0.3) is 5.91 Å². The second-order valence-corrected chi connectivity index (χ2v) is 7.85. The molecule has 1 heterocycles. The molecule has 0 bridgehead atoms. The zero-order chi connectivity index (χ0) is 19.3. The molecule has 0 saturated heterocycles. The fourth-order valence-electron chi connectivity index (χ4n) is 2.55. The van der Waals surface area contributed by atoms with E-state index in [-0.39, 0.29) is 22.8 Å². The number of nitrogens with one attached hydrogen (secondary N) is 1. The Kier molecular flexibility index (Phi) is 5.93. The Morgan fingerprint density at radius 1 is 1.15 bits per heavy atom. The van der Waals surface area contributed by atoms with Crippen molar-refractivity contribution in [1.29, 1.82) is 0 Å². The first kappa shape index (κ1) is 19.4. The molecule has 2 rings (SSSR count). The summed E-state index contributed by atoms with van der Waals surface area (Å²) in [6.07, 6.45) is 1.51. The number of carbonyl (C=O) groups is 2. The smallest absolute Gasteiger partial charge is 0.312 e. The lowest BCUT2D eigenvalue weighted by molar-refractivity contribution is 0.0998. The molecular formula is C17H20N4O4S. The number of amides is 3. The molecule has 1 aromatic carbocycles. The Balaban J connectivity index is 2.49. The van der Waals surface area contributed by atoms with Crippen LogP contribution in [0.25, 0.3) is 0 Å². The van der Waals surface area contributed by atoms with Crippen molar-refractivity contribution in [2.24, 2.45) is 11.5 Å². The van der Waals surface area contributed by atoms with Crippen molar-refractivity contribution in [3.63, 3.8) is 0 Å². The van der Waals surface area contributed by atoms with Crippen LogP contribution in [0.4, 0.5) is 4.79 Å². The van der Waals surface area contributed by atoms with Gasteiger partial charge in [0.05, 0.1) is 21.9 Å². The Morgan fingerprint density at radius 3 is 2.35 bits per heavy atom. The van der Waals surface area contributed by atoms with Gasteiger partial charge < -0.3 is 16.8 Å². The molecule has 2 aromatic rings.